The van der Waals surface area contributed by atoms with Crippen LogP contribution >= 0.6 is 21.6 Å². The van der Waals surface area contributed by atoms with Gasteiger partial charge in [0.15, 0.2) is 23.0 Å². The van der Waals surface area contributed by atoms with Crippen LogP contribution in [0.2, 0.25) is 0 Å². The number of benzene rings is 2. The van der Waals surface area contributed by atoms with Crippen molar-refractivity contribution in [3.63, 3.8) is 0 Å². The van der Waals surface area contributed by atoms with Gasteiger partial charge in [0.05, 0.1) is 38.6 Å². The number of nitrogens with one attached hydrogen (secondary N) is 1. The Labute approximate surface area is 346 Å². The van der Waals surface area contributed by atoms with E-state index in [1.54, 1.807) is 18.2 Å². The monoisotopic (exact) mass is 831 g/mol. The van der Waals surface area contributed by atoms with E-state index >= 15 is 0 Å². The van der Waals surface area contributed by atoms with Crippen molar-refractivity contribution < 1.29 is 49.6 Å². The fourth-order valence-electron chi connectivity index (χ4n) is 10.5. The van der Waals surface area contributed by atoms with E-state index in [0.29, 0.717) is 54.4 Å². The highest BCUT2D eigenvalue weighted by atomic mass is 33.1. The van der Waals surface area contributed by atoms with Crippen LogP contribution in [0.25, 0.3) is 0 Å². The van der Waals surface area contributed by atoms with E-state index in [4.69, 9.17) is 18.9 Å². The highest BCUT2D eigenvalue weighted by Crippen LogP contribution is 2.57. The molecule has 57 heavy (non-hydrogen) atoms. The van der Waals surface area contributed by atoms with Crippen molar-refractivity contribution in [2.75, 3.05) is 40.4 Å². The Morgan fingerprint density at radius 1 is 0.912 bits per heavy atom. The Morgan fingerprint density at radius 3 is 2.37 bits per heavy atom. The Hall–Kier alpha value is -2.36. The number of allylic oxidation sites excluding steroid dienone is 2. The first kappa shape index (κ1) is 44.2. The number of phenols is 2. The van der Waals surface area contributed by atoms with Crippen molar-refractivity contribution >= 4 is 21.6 Å². The van der Waals surface area contributed by atoms with Gasteiger partial charge in [-0.3, -0.25) is 0 Å². The maximum Gasteiger partial charge on any atom is 0.200 e. The van der Waals surface area contributed by atoms with Crippen LogP contribution in [-0.2, 0) is 17.6 Å². The van der Waals surface area contributed by atoms with E-state index in [2.05, 4.69) is 31.4 Å². The molecule has 11 nitrogen and oxygen atoms in total. The number of aliphatic hydroxyl groups excluding tert-OH is 4. The fraction of sp³-hybridized carbons (Fsp3) is 0.682. The van der Waals surface area contributed by atoms with Crippen LogP contribution in [0.4, 0.5) is 0 Å². The molecule has 0 amide bonds. The molecule has 2 aromatic rings. The van der Waals surface area contributed by atoms with Crippen molar-refractivity contribution in [2.45, 2.75) is 120 Å². The van der Waals surface area contributed by atoms with E-state index in [1.165, 1.54) is 55.1 Å². The van der Waals surface area contributed by atoms with Gasteiger partial charge in [-0.05, 0) is 148 Å². The first-order valence-electron chi connectivity index (χ1n) is 20.8. The predicted octanol–water partition coefficient (Wildman–Crippen LogP) is 6.69. The molecule has 6 rings (SSSR count). The summed E-state index contributed by atoms with van der Waals surface area (Å²) in [4.78, 5) is 0. The number of fused-ring (bicyclic) bond motifs is 3. The zero-order chi connectivity index (χ0) is 40.7. The van der Waals surface area contributed by atoms with Gasteiger partial charge in [0.2, 0.25) is 5.75 Å². The maximum atomic E-state index is 11.7. The lowest BCUT2D eigenvalue weighted by Gasteiger charge is -2.55. The molecule has 2 aromatic carbocycles. The molecule has 3 aliphatic carbocycles. The van der Waals surface area contributed by atoms with Gasteiger partial charge in [0.1, 0.15) is 6.79 Å². The topological polar surface area (TPSA) is 170 Å². The second kappa shape index (κ2) is 20.3. The molecule has 1 spiro atoms. The number of aliphatic hydroxyl groups is 4. The number of methoxy groups -OCH3 is 2. The van der Waals surface area contributed by atoms with Crippen molar-refractivity contribution in [1.29, 1.82) is 0 Å². The van der Waals surface area contributed by atoms with Crippen LogP contribution < -0.4 is 19.5 Å². The number of rotatable bonds is 11. The van der Waals surface area contributed by atoms with E-state index in [1.807, 2.05) is 6.07 Å². The Balaban J connectivity index is 1.25. The van der Waals surface area contributed by atoms with Gasteiger partial charge in [-0.25, -0.2) is 0 Å². The summed E-state index contributed by atoms with van der Waals surface area (Å²) >= 11 is 0. The van der Waals surface area contributed by atoms with Gasteiger partial charge >= 0.3 is 0 Å². The molecular formula is C44H65NO10S2. The molecule has 4 aliphatic rings. The number of aromatic hydroxyl groups is 2. The number of ether oxygens (including phenoxy) is 4. The van der Waals surface area contributed by atoms with Crippen molar-refractivity contribution in [1.82, 2.24) is 5.32 Å². The number of aryl methyl sites for hydroxylation is 1. The normalized spacial score (nSPS) is 33.6. The summed E-state index contributed by atoms with van der Waals surface area (Å²) < 4.78 is 23.3. The Kier molecular flexibility index (Phi) is 15.7. The smallest absolute Gasteiger partial charge is 0.200 e. The minimum atomic E-state index is -0.997. The first-order chi connectivity index (χ1) is 27.5. The van der Waals surface area contributed by atoms with Crippen LogP contribution in [0.3, 0.4) is 0 Å². The van der Waals surface area contributed by atoms with Gasteiger partial charge in [0, 0.05) is 29.6 Å². The summed E-state index contributed by atoms with van der Waals surface area (Å²) in [5.74, 6) is 2.26. The standard InChI is InChI=1S/C44H65NO10S2/c1-26-6-5-13-44(23-26)14-11-35(45-2)31-10-9-30(20-34(31)44)55-39-19-28-7-8-29(54-25-47)21-36(48)33(16-27-17-40(52-3)43(51)41(18-27)53-4)38(50)24-56-57-42(12-15-46)32(28)22-37(39)49/h5,13,17-19,22,26,29-31,33-36,38,42,45-51H,6-12,14-16,20-21,23-25H2,1-4H3/t26-,29+,30-,31+,33+,34+,35+,36-,38+,42+,44-/m1/s1. The third-order valence-corrected chi connectivity index (χ3v) is 16.2. The quantitative estimate of drug-likeness (QED) is 0.0727. The van der Waals surface area contributed by atoms with Gasteiger partial charge in [-0.15, -0.1) is 0 Å². The zero-order valence-electron chi connectivity index (χ0n) is 34.0. The number of hydrogen-bond acceptors (Lipinski definition) is 13. The van der Waals surface area contributed by atoms with Crippen molar-refractivity contribution in [3.8, 4) is 28.7 Å². The third kappa shape index (κ3) is 10.3. The number of phenolic OH excluding ortho intramolecular Hbond substituents is 2. The summed E-state index contributed by atoms with van der Waals surface area (Å²) in [5, 5.41) is 69.0. The van der Waals surface area contributed by atoms with Crippen LogP contribution in [0.1, 0.15) is 93.1 Å². The van der Waals surface area contributed by atoms with Crippen LogP contribution in [-0.4, -0.2) is 102 Å². The van der Waals surface area contributed by atoms with Crippen molar-refractivity contribution in [3.05, 3.63) is 53.1 Å². The molecule has 13 heteroatoms. The highest BCUT2D eigenvalue weighted by molar-refractivity contribution is 8.76. The molecule has 11 atom stereocenters. The SMILES string of the molecule is CN[C@H]1CC[C@@]2(C=CC[C@@H](C)C2)[C@H]2C[C@H](Oc3cc4c(cc3O)[C@H](CCO)SSC[C@H](O)[C@@H](Cc3cc(OC)c(O)c(OC)c3)[C@H](O)C[C@@H](OCO)CC4)CC[C@H]12. The molecule has 0 unspecified atom stereocenters. The molecule has 2 saturated carbocycles. The summed E-state index contributed by atoms with van der Waals surface area (Å²) in [6.07, 6.45) is 11.9. The lowest BCUT2D eigenvalue weighted by atomic mass is 9.52. The highest BCUT2D eigenvalue weighted by Gasteiger charge is 2.51. The molecule has 7 N–H and O–H groups in total. The van der Waals surface area contributed by atoms with Gasteiger partial charge in [-0.2, -0.15) is 0 Å². The fourth-order valence-corrected chi connectivity index (χ4v) is 13.4. The van der Waals surface area contributed by atoms with E-state index in [0.717, 1.165) is 36.8 Å². The minimum absolute atomic E-state index is 0.0335. The second-order valence-corrected chi connectivity index (χ2v) is 19.5. The first-order valence-corrected chi connectivity index (χ1v) is 23.2. The van der Waals surface area contributed by atoms with Gasteiger partial charge in [0.25, 0.3) is 0 Å². The molecule has 318 valence electrons. The lowest BCUT2D eigenvalue weighted by molar-refractivity contribution is -0.0808. The molecule has 1 heterocycles. The van der Waals surface area contributed by atoms with Crippen LogP contribution in [0.5, 0.6) is 28.7 Å². The summed E-state index contributed by atoms with van der Waals surface area (Å²) in [5.41, 5.74) is 2.74. The van der Waals surface area contributed by atoms with E-state index in [-0.39, 0.29) is 65.0 Å². The average Bonchev–Trinajstić information content (AvgIpc) is 3.20. The van der Waals surface area contributed by atoms with Crippen LogP contribution in [0.15, 0.2) is 36.4 Å². The van der Waals surface area contributed by atoms with Gasteiger partial charge < -0.3 is 54.9 Å². The molecule has 0 saturated heterocycles. The van der Waals surface area contributed by atoms with E-state index in [9.17, 15) is 30.6 Å². The summed E-state index contributed by atoms with van der Waals surface area (Å²) in [6, 6.07) is 7.60. The summed E-state index contributed by atoms with van der Waals surface area (Å²) in [6.45, 7) is 1.78. The predicted molar refractivity (Wildman–Crippen MR) is 225 cm³/mol. The van der Waals surface area contributed by atoms with Crippen molar-refractivity contribution in [2.24, 2.45) is 29.1 Å². The van der Waals surface area contributed by atoms with Crippen LogP contribution in [0, 0.1) is 29.1 Å². The molecule has 2 fully saturated rings. The average molecular weight is 832 g/mol. The summed E-state index contributed by atoms with van der Waals surface area (Å²) in [7, 11) is 7.99. The zero-order valence-corrected chi connectivity index (χ0v) is 35.6. The lowest BCUT2D eigenvalue weighted by Crippen LogP contribution is -2.53. The second-order valence-electron chi connectivity index (χ2n) is 16.9. The van der Waals surface area contributed by atoms with Gasteiger partial charge in [-0.1, -0.05) is 40.7 Å². The Morgan fingerprint density at radius 2 is 1.68 bits per heavy atom. The molecule has 0 aromatic heterocycles. The maximum absolute atomic E-state index is 11.7. The minimum Gasteiger partial charge on any atom is -0.504 e. The molecule has 0 radical (unpaired) electrons. The largest absolute Gasteiger partial charge is 0.504 e. The molecule has 0 bridgehead atoms. The molecule has 1 aliphatic heterocycles. The van der Waals surface area contributed by atoms with E-state index < -0.39 is 31.0 Å². The third-order valence-electron chi connectivity index (χ3n) is 13.3. The number of hydrogen-bond donors (Lipinski definition) is 7. The Bertz CT molecular complexity index is 1620. The molecular weight excluding hydrogens is 767 g/mol.